The number of aryl methyl sites for hydroxylation is 1. The number of aromatic carboxylic acids is 1. The first-order valence-electron chi connectivity index (χ1n) is 7.80. The number of anilines is 2. The molecule has 4 N–H and O–H groups in total. The molecule has 0 saturated heterocycles. The standard InChI is InChI=1S/C16H21N5O2/c1-10-15(19-14-8-18-7-6-13(14)16(22)23)9-21(20-10)12-4-2-11(17)3-5-12/h6-9,11-12,19H,2-5,17H2,1H3,(H,22,23)/t11-,12+. The zero-order valence-electron chi connectivity index (χ0n) is 13.1. The first-order valence-corrected chi connectivity index (χ1v) is 7.80. The molecule has 0 amide bonds. The van der Waals surface area contributed by atoms with E-state index in [1.54, 1.807) is 0 Å². The molecule has 1 aliphatic carbocycles. The molecule has 7 heteroatoms. The van der Waals surface area contributed by atoms with Gasteiger partial charge in [-0.15, -0.1) is 0 Å². The smallest absolute Gasteiger partial charge is 0.337 e. The van der Waals surface area contributed by atoms with E-state index in [9.17, 15) is 9.90 Å². The minimum atomic E-state index is -0.985. The third-order valence-corrected chi connectivity index (χ3v) is 4.35. The van der Waals surface area contributed by atoms with E-state index in [2.05, 4.69) is 15.4 Å². The first kappa shape index (κ1) is 15.5. The molecule has 0 unspecified atom stereocenters. The molecule has 0 aromatic carbocycles. The van der Waals surface area contributed by atoms with Gasteiger partial charge in [-0.2, -0.15) is 5.10 Å². The number of pyridine rings is 1. The second-order valence-electron chi connectivity index (χ2n) is 6.03. The van der Waals surface area contributed by atoms with E-state index in [1.807, 2.05) is 17.8 Å². The Balaban J connectivity index is 1.81. The van der Waals surface area contributed by atoms with Gasteiger partial charge in [0.15, 0.2) is 0 Å². The number of carbonyl (C=O) groups is 1. The lowest BCUT2D eigenvalue weighted by atomic mass is 9.92. The summed E-state index contributed by atoms with van der Waals surface area (Å²) in [7, 11) is 0. The normalized spacial score (nSPS) is 21.1. The van der Waals surface area contributed by atoms with Crippen LogP contribution in [0, 0.1) is 6.92 Å². The lowest BCUT2D eigenvalue weighted by molar-refractivity contribution is 0.0698. The summed E-state index contributed by atoms with van der Waals surface area (Å²) in [5, 5.41) is 17.0. The Morgan fingerprint density at radius 2 is 2.09 bits per heavy atom. The van der Waals surface area contributed by atoms with E-state index in [-0.39, 0.29) is 5.56 Å². The fourth-order valence-electron chi connectivity index (χ4n) is 2.98. The van der Waals surface area contributed by atoms with Gasteiger partial charge in [-0.3, -0.25) is 9.67 Å². The summed E-state index contributed by atoms with van der Waals surface area (Å²) in [5.41, 5.74) is 8.24. The van der Waals surface area contributed by atoms with E-state index in [0.29, 0.717) is 17.8 Å². The van der Waals surface area contributed by atoms with Gasteiger partial charge < -0.3 is 16.2 Å². The van der Waals surface area contributed by atoms with Gasteiger partial charge in [0.1, 0.15) is 0 Å². The molecular formula is C16H21N5O2. The fraction of sp³-hybridized carbons (Fsp3) is 0.438. The minimum absolute atomic E-state index is 0.191. The van der Waals surface area contributed by atoms with E-state index in [0.717, 1.165) is 37.1 Å². The highest BCUT2D eigenvalue weighted by atomic mass is 16.4. The summed E-state index contributed by atoms with van der Waals surface area (Å²) in [6.45, 7) is 1.91. The molecule has 1 fully saturated rings. The van der Waals surface area contributed by atoms with Crippen molar-refractivity contribution in [3.63, 3.8) is 0 Å². The van der Waals surface area contributed by atoms with Crippen molar-refractivity contribution in [1.82, 2.24) is 14.8 Å². The highest BCUT2D eigenvalue weighted by Crippen LogP contribution is 2.30. The van der Waals surface area contributed by atoms with Crippen molar-refractivity contribution < 1.29 is 9.90 Å². The summed E-state index contributed by atoms with van der Waals surface area (Å²) in [5.74, 6) is -0.985. The maximum Gasteiger partial charge on any atom is 0.337 e. The summed E-state index contributed by atoms with van der Waals surface area (Å²) in [6, 6.07) is 2.14. The number of rotatable bonds is 4. The van der Waals surface area contributed by atoms with E-state index in [4.69, 9.17) is 5.73 Å². The van der Waals surface area contributed by atoms with Crippen LogP contribution >= 0.6 is 0 Å². The van der Waals surface area contributed by atoms with Gasteiger partial charge >= 0.3 is 5.97 Å². The van der Waals surface area contributed by atoms with Crippen LogP contribution in [0.3, 0.4) is 0 Å². The van der Waals surface area contributed by atoms with Crippen LogP contribution in [0.1, 0.15) is 47.8 Å². The molecule has 0 aliphatic heterocycles. The molecule has 2 aromatic rings. The molecule has 122 valence electrons. The third-order valence-electron chi connectivity index (χ3n) is 4.35. The van der Waals surface area contributed by atoms with Crippen LogP contribution in [0.15, 0.2) is 24.7 Å². The van der Waals surface area contributed by atoms with E-state index < -0.39 is 5.97 Å². The maximum absolute atomic E-state index is 11.3. The molecule has 7 nitrogen and oxygen atoms in total. The highest BCUT2D eigenvalue weighted by Gasteiger charge is 2.21. The maximum atomic E-state index is 11.3. The Kier molecular flexibility index (Phi) is 4.29. The number of hydrogen-bond donors (Lipinski definition) is 3. The monoisotopic (exact) mass is 315 g/mol. The summed E-state index contributed by atoms with van der Waals surface area (Å²) < 4.78 is 1.97. The van der Waals surface area contributed by atoms with Gasteiger partial charge in [0.25, 0.3) is 0 Å². The highest BCUT2D eigenvalue weighted by molar-refractivity contribution is 5.94. The van der Waals surface area contributed by atoms with Gasteiger partial charge in [0.2, 0.25) is 0 Å². The molecular weight excluding hydrogens is 294 g/mol. The van der Waals surface area contributed by atoms with Gasteiger partial charge in [0.05, 0.1) is 34.9 Å². The van der Waals surface area contributed by atoms with Gasteiger partial charge in [0, 0.05) is 18.4 Å². The van der Waals surface area contributed by atoms with Gasteiger partial charge in [-0.1, -0.05) is 0 Å². The molecule has 0 spiro atoms. The molecule has 23 heavy (non-hydrogen) atoms. The molecule has 2 aromatic heterocycles. The predicted molar refractivity (Wildman–Crippen MR) is 86.9 cm³/mol. The second-order valence-corrected chi connectivity index (χ2v) is 6.03. The van der Waals surface area contributed by atoms with Crippen LogP contribution in [-0.4, -0.2) is 31.9 Å². The van der Waals surface area contributed by atoms with Crippen molar-refractivity contribution in [1.29, 1.82) is 0 Å². The van der Waals surface area contributed by atoms with Crippen LogP contribution < -0.4 is 11.1 Å². The van der Waals surface area contributed by atoms with Crippen LogP contribution in [0.25, 0.3) is 0 Å². The molecule has 2 heterocycles. The van der Waals surface area contributed by atoms with Crippen LogP contribution in [0.2, 0.25) is 0 Å². The van der Waals surface area contributed by atoms with Crippen molar-refractivity contribution in [2.75, 3.05) is 5.32 Å². The van der Waals surface area contributed by atoms with E-state index in [1.165, 1.54) is 18.5 Å². The third kappa shape index (κ3) is 3.34. The Morgan fingerprint density at radius 3 is 2.78 bits per heavy atom. The Bertz CT molecular complexity index is 704. The van der Waals surface area contributed by atoms with Gasteiger partial charge in [-0.05, 0) is 38.7 Å². The zero-order valence-corrected chi connectivity index (χ0v) is 13.1. The number of hydrogen-bond acceptors (Lipinski definition) is 5. The second kappa shape index (κ2) is 6.37. The number of carboxylic acid groups (broad SMARTS) is 1. The van der Waals surface area contributed by atoms with Crippen molar-refractivity contribution >= 4 is 17.3 Å². The van der Waals surface area contributed by atoms with E-state index >= 15 is 0 Å². The molecule has 0 bridgehead atoms. The largest absolute Gasteiger partial charge is 0.478 e. The molecule has 0 atom stereocenters. The summed E-state index contributed by atoms with van der Waals surface area (Å²) >= 11 is 0. The number of nitrogens with one attached hydrogen (secondary N) is 1. The number of nitrogens with two attached hydrogens (primary N) is 1. The van der Waals surface area contributed by atoms with Crippen molar-refractivity contribution in [2.24, 2.45) is 5.73 Å². The minimum Gasteiger partial charge on any atom is -0.478 e. The van der Waals surface area contributed by atoms with Crippen LogP contribution in [0.5, 0.6) is 0 Å². The van der Waals surface area contributed by atoms with Crippen LogP contribution in [-0.2, 0) is 0 Å². The molecule has 1 aliphatic rings. The Labute approximate surface area is 134 Å². The lowest BCUT2D eigenvalue weighted by Crippen LogP contribution is -2.28. The first-order chi connectivity index (χ1) is 11.0. The zero-order chi connectivity index (χ0) is 16.4. The molecule has 3 rings (SSSR count). The number of aromatic nitrogens is 3. The Hall–Kier alpha value is -2.41. The lowest BCUT2D eigenvalue weighted by Gasteiger charge is -2.26. The van der Waals surface area contributed by atoms with Crippen molar-refractivity contribution in [2.45, 2.75) is 44.7 Å². The Morgan fingerprint density at radius 1 is 1.35 bits per heavy atom. The number of nitrogens with zero attached hydrogens (tertiary/aromatic N) is 3. The SMILES string of the molecule is Cc1nn([C@H]2CC[C@@H](N)CC2)cc1Nc1cnccc1C(=O)O. The molecule has 1 saturated carbocycles. The van der Waals surface area contributed by atoms with Gasteiger partial charge in [-0.25, -0.2) is 4.79 Å². The topological polar surface area (TPSA) is 106 Å². The average Bonchev–Trinajstić information content (AvgIpc) is 2.89. The quantitative estimate of drug-likeness (QED) is 0.800. The predicted octanol–water partition coefficient (Wildman–Crippen LogP) is 2.47. The summed E-state index contributed by atoms with van der Waals surface area (Å²) in [4.78, 5) is 15.3. The van der Waals surface area contributed by atoms with Crippen molar-refractivity contribution in [3.05, 3.63) is 35.9 Å². The average molecular weight is 315 g/mol. The van der Waals surface area contributed by atoms with Crippen molar-refractivity contribution in [3.8, 4) is 0 Å². The number of carboxylic acids is 1. The van der Waals surface area contributed by atoms with Crippen LogP contribution in [0.4, 0.5) is 11.4 Å². The summed E-state index contributed by atoms with van der Waals surface area (Å²) in [6.07, 6.45) is 8.99. The molecule has 0 radical (unpaired) electrons. The fourth-order valence-corrected chi connectivity index (χ4v) is 2.98.